The predicted octanol–water partition coefficient (Wildman–Crippen LogP) is 1.14. The van der Waals surface area contributed by atoms with Crippen LogP contribution in [0.4, 0.5) is 0 Å². The van der Waals surface area contributed by atoms with E-state index in [4.69, 9.17) is 18.0 Å². The number of carbonyl (C=O) groups is 1. The molecule has 2 nitrogen and oxygen atoms in total. The Morgan fingerprint density at radius 2 is 2.27 bits per heavy atom. The van der Waals surface area contributed by atoms with Crippen molar-refractivity contribution in [2.24, 2.45) is 0 Å². The first-order chi connectivity index (χ1) is 5.31. The fourth-order valence-corrected chi connectivity index (χ4v) is 0.807. The maximum absolute atomic E-state index is 10.8. The van der Waals surface area contributed by atoms with Crippen molar-refractivity contribution < 1.29 is 4.79 Å². The molecule has 0 aliphatic rings. The van der Waals surface area contributed by atoms with E-state index in [2.05, 4.69) is 11.2 Å². The Balaban J connectivity index is 3.17. The molecule has 0 atom stereocenters. The Bertz CT molecular complexity index is 151. The lowest BCUT2D eigenvalue weighted by atomic mass is 10.2. The van der Waals surface area contributed by atoms with Crippen molar-refractivity contribution in [1.29, 1.82) is 0 Å². The van der Waals surface area contributed by atoms with E-state index in [1.807, 2.05) is 0 Å². The molecule has 0 aromatic rings. The molecular formula is C8H12ClNO. The Kier molecular flexibility index (Phi) is 6.97. The molecule has 0 unspecified atom stereocenters. The first-order valence-corrected chi connectivity index (χ1v) is 4.11. The quantitative estimate of drug-likeness (QED) is 0.377. The summed E-state index contributed by atoms with van der Waals surface area (Å²) in [5.41, 5.74) is 0. The van der Waals surface area contributed by atoms with Crippen LogP contribution in [0.2, 0.25) is 0 Å². The molecule has 0 aliphatic carbocycles. The van der Waals surface area contributed by atoms with Gasteiger partial charge in [-0.1, -0.05) is 5.92 Å². The molecule has 0 aliphatic heterocycles. The van der Waals surface area contributed by atoms with Gasteiger partial charge in [-0.15, -0.1) is 18.0 Å². The van der Waals surface area contributed by atoms with Gasteiger partial charge in [0.2, 0.25) is 5.91 Å². The zero-order valence-corrected chi connectivity index (χ0v) is 7.16. The minimum absolute atomic E-state index is 0.00747. The molecule has 0 bridgehead atoms. The smallest absolute Gasteiger partial charge is 0.220 e. The summed E-state index contributed by atoms with van der Waals surface area (Å²) in [5.74, 6) is 2.95. The van der Waals surface area contributed by atoms with Gasteiger partial charge in [-0.05, 0) is 12.8 Å². The van der Waals surface area contributed by atoms with Crippen molar-refractivity contribution in [1.82, 2.24) is 5.32 Å². The average molecular weight is 174 g/mol. The summed E-state index contributed by atoms with van der Waals surface area (Å²) in [5, 5.41) is 2.57. The molecule has 0 spiro atoms. The molecule has 0 radical (unpaired) electrons. The van der Waals surface area contributed by atoms with Crippen LogP contribution in [0.25, 0.3) is 0 Å². The maximum atomic E-state index is 10.8. The third-order valence-electron chi connectivity index (χ3n) is 1.18. The van der Waals surface area contributed by atoms with Crippen LogP contribution < -0.4 is 5.32 Å². The number of carbonyl (C=O) groups excluding carboxylic acids is 1. The molecule has 0 fully saturated rings. The number of nitrogens with one attached hydrogen (secondary N) is 1. The van der Waals surface area contributed by atoms with Crippen molar-refractivity contribution >= 4 is 17.5 Å². The summed E-state index contributed by atoms with van der Waals surface area (Å²) in [6, 6.07) is 0. The summed E-state index contributed by atoms with van der Waals surface area (Å²) < 4.78 is 0. The van der Waals surface area contributed by atoms with Gasteiger partial charge in [0.25, 0.3) is 0 Å². The molecule has 0 heterocycles. The molecule has 0 saturated heterocycles. The van der Waals surface area contributed by atoms with Crippen LogP contribution in [0.1, 0.15) is 19.3 Å². The van der Waals surface area contributed by atoms with E-state index in [-0.39, 0.29) is 5.91 Å². The molecule has 0 saturated carbocycles. The Morgan fingerprint density at radius 3 is 2.82 bits per heavy atom. The molecule has 3 heteroatoms. The number of hydrogen-bond acceptors (Lipinski definition) is 1. The number of rotatable bonds is 5. The Morgan fingerprint density at radius 1 is 1.55 bits per heavy atom. The highest BCUT2D eigenvalue weighted by Gasteiger charge is 1.97. The molecule has 11 heavy (non-hydrogen) atoms. The lowest BCUT2D eigenvalue weighted by molar-refractivity contribution is -0.120. The molecule has 1 amide bonds. The fourth-order valence-electron chi connectivity index (χ4n) is 0.618. The van der Waals surface area contributed by atoms with Crippen molar-refractivity contribution in [3.63, 3.8) is 0 Å². The van der Waals surface area contributed by atoms with E-state index in [1.54, 1.807) is 0 Å². The monoisotopic (exact) mass is 173 g/mol. The second-order valence-corrected chi connectivity index (χ2v) is 2.50. The van der Waals surface area contributed by atoms with Crippen LogP contribution in [-0.4, -0.2) is 18.3 Å². The van der Waals surface area contributed by atoms with Gasteiger partial charge in [0, 0.05) is 12.3 Å². The van der Waals surface area contributed by atoms with Gasteiger partial charge < -0.3 is 5.32 Å². The summed E-state index contributed by atoms with van der Waals surface area (Å²) in [6.07, 6.45) is 7.18. The van der Waals surface area contributed by atoms with Crippen molar-refractivity contribution in [3.8, 4) is 12.3 Å². The topological polar surface area (TPSA) is 29.1 Å². The molecule has 62 valence electrons. The number of amides is 1. The SMILES string of the molecule is C#CCNC(=O)CCCCCl. The second-order valence-electron chi connectivity index (χ2n) is 2.13. The van der Waals surface area contributed by atoms with E-state index < -0.39 is 0 Å². The standard InChI is InChI=1S/C8H12ClNO/c1-2-7-10-8(11)5-3-4-6-9/h1H,3-7H2,(H,10,11). The van der Waals surface area contributed by atoms with Crippen LogP contribution in [0.3, 0.4) is 0 Å². The van der Waals surface area contributed by atoms with Crippen LogP contribution in [0.5, 0.6) is 0 Å². The van der Waals surface area contributed by atoms with Crippen LogP contribution in [0.15, 0.2) is 0 Å². The lowest BCUT2D eigenvalue weighted by Crippen LogP contribution is -2.22. The van der Waals surface area contributed by atoms with E-state index in [9.17, 15) is 4.79 Å². The third kappa shape index (κ3) is 7.21. The number of unbranched alkanes of at least 4 members (excludes halogenated alkanes) is 1. The van der Waals surface area contributed by atoms with Crippen LogP contribution in [0, 0.1) is 12.3 Å². The zero-order chi connectivity index (χ0) is 8.53. The van der Waals surface area contributed by atoms with Crippen LogP contribution in [-0.2, 0) is 4.79 Å². The molecule has 0 rings (SSSR count). The van der Waals surface area contributed by atoms with E-state index in [0.717, 1.165) is 12.8 Å². The number of alkyl halides is 1. The molecule has 0 aromatic carbocycles. The lowest BCUT2D eigenvalue weighted by Gasteiger charge is -1.98. The van der Waals surface area contributed by atoms with Crippen LogP contribution >= 0.6 is 11.6 Å². The summed E-state index contributed by atoms with van der Waals surface area (Å²) in [6.45, 7) is 0.319. The van der Waals surface area contributed by atoms with Crippen molar-refractivity contribution in [2.45, 2.75) is 19.3 Å². The summed E-state index contributed by atoms with van der Waals surface area (Å²) in [7, 11) is 0. The van der Waals surface area contributed by atoms with E-state index >= 15 is 0 Å². The molecule has 1 N–H and O–H groups in total. The minimum atomic E-state index is 0.00747. The van der Waals surface area contributed by atoms with Gasteiger partial charge in [0.15, 0.2) is 0 Å². The maximum Gasteiger partial charge on any atom is 0.220 e. The second kappa shape index (κ2) is 7.43. The predicted molar refractivity (Wildman–Crippen MR) is 46.4 cm³/mol. The van der Waals surface area contributed by atoms with E-state index in [1.165, 1.54) is 0 Å². The zero-order valence-electron chi connectivity index (χ0n) is 6.40. The highest BCUT2D eigenvalue weighted by Crippen LogP contribution is 1.96. The summed E-state index contributed by atoms with van der Waals surface area (Å²) in [4.78, 5) is 10.8. The number of halogens is 1. The van der Waals surface area contributed by atoms with Gasteiger partial charge in [0.05, 0.1) is 6.54 Å². The number of hydrogen-bond donors (Lipinski definition) is 1. The van der Waals surface area contributed by atoms with Gasteiger partial charge in [0.1, 0.15) is 0 Å². The highest BCUT2D eigenvalue weighted by atomic mass is 35.5. The third-order valence-corrected chi connectivity index (χ3v) is 1.44. The Labute approximate surface area is 72.3 Å². The summed E-state index contributed by atoms with van der Waals surface area (Å²) >= 11 is 5.43. The number of terminal acetylenes is 1. The average Bonchev–Trinajstić information content (AvgIpc) is 2.01. The van der Waals surface area contributed by atoms with Crippen molar-refractivity contribution in [3.05, 3.63) is 0 Å². The van der Waals surface area contributed by atoms with Gasteiger partial charge >= 0.3 is 0 Å². The van der Waals surface area contributed by atoms with Gasteiger partial charge in [-0.3, -0.25) is 4.79 Å². The highest BCUT2D eigenvalue weighted by molar-refractivity contribution is 6.17. The minimum Gasteiger partial charge on any atom is -0.345 e. The fraction of sp³-hybridized carbons (Fsp3) is 0.625. The normalized spacial score (nSPS) is 8.73. The largest absolute Gasteiger partial charge is 0.345 e. The van der Waals surface area contributed by atoms with E-state index in [0.29, 0.717) is 18.8 Å². The molecular weight excluding hydrogens is 162 g/mol. The van der Waals surface area contributed by atoms with Gasteiger partial charge in [-0.25, -0.2) is 0 Å². The Hall–Kier alpha value is -0.680. The van der Waals surface area contributed by atoms with Gasteiger partial charge in [-0.2, -0.15) is 0 Å². The first kappa shape index (κ1) is 10.3. The first-order valence-electron chi connectivity index (χ1n) is 3.57. The van der Waals surface area contributed by atoms with Crippen molar-refractivity contribution in [2.75, 3.05) is 12.4 Å². The molecule has 0 aromatic heterocycles.